The second-order valence-electron chi connectivity index (χ2n) is 26.1. The van der Waals surface area contributed by atoms with Crippen LogP contribution < -0.4 is 35.9 Å². The number of aldehydes is 1. The lowest BCUT2D eigenvalue weighted by Gasteiger charge is -2.09. The summed E-state index contributed by atoms with van der Waals surface area (Å²) < 4.78 is 112. The van der Waals surface area contributed by atoms with E-state index in [4.69, 9.17) is 65.3 Å². The molecule has 0 atom stereocenters. The van der Waals surface area contributed by atoms with Gasteiger partial charge in [-0.15, -0.1) is 0 Å². The molecule has 0 aliphatic carbocycles. The molecule has 0 saturated heterocycles. The first kappa shape index (κ1) is 84.6. The van der Waals surface area contributed by atoms with Crippen molar-refractivity contribution in [3.63, 3.8) is 0 Å². The molecule has 0 radical (unpaired) electrons. The minimum Gasteiger partial charge on any atom is -0.501 e. The Bertz CT molecular complexity index is 6630. The van der Waals surface area contributed by atoms with Crippen LogP contribution >= 0.6 is 0 Å². The molecule has 0 spiro atoms. The smallest absolute Gasteiger partial charge is 0.267 e. The fraction of sp³-hybridized carbons (Fsp3) is 0.0753. The number of carbonyl (C=O) groups is 5. The molecule has 0 aliphatic heterocycles. The third-order valence-electron chi connectivity index (χ3n) is 17.4. The summed E-state index contributed by atoms with van der Waals surface area (Å²) in [7, 11) is 0. The number of aromatic hydroxyl groups is 1. The van der Waals surface area contributed by atoms with Crippen LogP contribution in [0.5, 0.6) is 23.0 Å². The first-order valence-corrected chi connectivity index (χ1v) is 36.4. The predicted molar refractivity (Wildman–Crippen MR) is 423 cm³/mol. The fourth-order valence-electron chi connectivity index (χ4n) is 11.5. The molecule has 608 valence electrons. The quantitative estimate of drug-likeness (QED) is 0.0121. The molecule has 29 heteroatoms. The molecule has 0 aliphatic rings. The van der Waals surface area contributed by atoms with E-state index in [1.165, 1.54) is 72.8 Å². The van der Waals surface area contributed by atoms with E-state index in [0.717, 1.165) is 69.4 Å². The SMILES string of the molecule is N#Cc1cc(=O)c(O)c(C(=O)c2ccc(Cc3ccc(F)cc3)o2)o1.N#Cc1cc(=O)c(OCc2ccccc2)c(C(=O)c2ccc(Cc3ccc(F)cc3)o2)o1.O=C(c1ccc(Cc2ccc(F)cc2)o1)c1oc(/C=N/O)cc(=O)c1OCc1ccccc1.O=Cc1cc(=O)c(OCc2ccccc2)c(C(=O)c2ccc(Cc3ccc(F)cc3)o2)o1. The molecule has 25 nitrogen and oxygen atoms in total. The number of hydrogen-bond donors (Lipinski definition) is 2. The summed E-state index contributed by atoms with van der Waals surface area (Å²) in [6.45, 7) is 0.0966. The molecule has 0 unspecified atom stereocenters. The number of oxime groups is 1. The van der Waals surface area contributed by atoms with Gasteiger partial charge < -0.3 is 59.9 Å². The molecule has 122 heavy (non-hydrogen) atoms. The van der Waals surface area contributed by atoms with Gasteiger partial charge in [0.1, 0.15) is 84.5 Å². The number of ketones is 4. The number of carbonyl (C=O) groups excluding carboxylic acids is 5. The number of rotatable bonds is 27. The topological polar surface area (TPSA) is 387 Å². The number of furan rings is 4. The maximum absolute atomic E-state index is 13.1. The van der Waals surface area contributed by atoms with Crippen LogP contribution in [0.3, 0.4) is 0 Å². The number of halogens is 4. The molecule has 0 fully saturated rings. The van der Waals surface area contributed by atoms with Crippen molar-refractivity contribution in [1.29, 1.82) is 10.5 Å². The molecule has 2 N–H and O–H groups in total. The summed E-state index contributed by atoms with van der Waals surface area (Å²) in [4.78, 5) is 112. The normalized spacial score (nSPS) is 10.7. The van der Waals surface area contributed by atoms with E-state index in [-0.39, 0.29) is 106 Å². The highest BCUT2D eigenvalue weighted by Gasteiger charge is 2.30. The summed E-state index contributed by atoms with van der Waals surface area (Å²) in [6, 6.07) is 69.9. The Balaban J connectivity index is 0.000000149. The van der Waals surface area contributed by atoms with E-state index in [1.807, 2.05) is 66.7 Å². The average Bonchev–Trinajstić information content (AvgIpc) is 1.36. The van der Waals surface area contributed by atoms with E-state index in [9.17, 15) is 65.8 Å². The van der Waals surface area contributed by atoms with Crippen molar-refractivity contribution in [3.05, 3.63) is 456 Å². The third kappa shape index (κ3) is 22.4. The van der Waals surface area contributed by atoms with Gasteiger partial charge in [-0.2, -0.15) is 10.5 Å². The van der Waals surface area contributed by atoms with Crippen molar-refractivity contribution in [2.75, 3.05) is 0 Å². The zero-order chi connectivity index (χ0) is 86.2. The molecule has 15 rings (SSSR count). The van der Waals surface area contributed by atoms with Crippen LogP contribution in [0.2, 0.25) is 0 Å². The van der Waals surface area contributed by atoms with E-state index in [2.05, 4.69) is 5.16 Å². The zero-order valence-electron chi connectivity index (χ0n) is 63.3. The van der Waals surface area contributed by atoms with Crippen LogP contribution in [-0.4, -0.2) is 45.9 Å². The Kier molecular flexibility index (Phi) is 27.8. The van der Waals surface area contributed by atoms with Gasteiger partial charge in [0, 0.05) is 49.9 Å². The number of ether oxygens (including phenoxy) is 3. The van der Waals surface area contributed by atoms with Gasteiger partial charge in [0.05, 0.1) is 0 Å². The molecule has 15 aromatic rings. The van der Waals surface area contributed by atoms with Gasteiger partial charge in [-0.3, -0.25) is 43.2 Å². The summed E-state index contributed by atoms with van der Waals surface area (Å²) in [6.07, 6.45) is 2.56. The standard InChI is InChI=1S/C25H18FNO6.C25H16FNO5.C25H17FO6.C18H10FNO5/c26-18-8-6-16(7-9-18)12-19-10-11-22(32-19)23(29)25-24(21(28)13-20(33-25)14-27-30)31-15-17-4-2-1-3-5-17;2*26-18-8-6-16(7-9-18)12-19-10-11-22(31-19)23(29)25-24(21(28)13-20(14-27)32-25)30-15-17-4-2-1-3-5-17;19-11-3-1-10(2-4-11)7-12-5-6-15(24-12)17(23)18-16(22)14(21)8-13(9-20)25-18/h1-11,13-14,30H,12,15H2;1-11,13H,12,15H2;1-11,13-14H,12,15H2;1-6,8,22H,7H2/b27-14+;;;. The van der Waals surface area contributed by atoms with Gasteiger partial charge in [0.25, 0.3) is 23.1 Å². The van der Waals surface area contributed by atoms with Gasteiger partial charge in [-0.1, -0.05) is 145 Å². The Morgan fingerprint density at radius 3 is 0.934 bits per heavy atom. The summed E-state index contributed by atoms with van der Waals surface area (Å²) in [5.41, 5.74) is 2.69. The maximum atomic E-state index is 13.1. The number of nitrogens with zero attached hydrogens (tertiary/aromatic N) is 3. The van der Waals surface area contributed by atoms with E-state index in [0.29, 0.717) is 55.0 Å². The van der Waals surface area contributed by atoms with Crippen molar-refractivity contribution in [2.45, 2.75) is 45.5 Å². The van der Waals surface area contributed by atoms with E-state index in [1.54, 1.807) is 109 Å². The highest BCUT2D eigenvalue weighted by Crippen LogP contribution is 2.29. The Morgan fingerprint density at radius 1 is 0.344 bits per heavy atom. The first-order chi connectivity index (χ1) is 59.1. The van der Waals surface area contributed by atoms with Crippen LogP contribution in [0.25, 0.3) is 0 Å². The van der Waals surface area contributed by atoms with Gasteiger partial charge >= 0.3 is 0 Å². The third-order valence-corrected chi connectivity index (χ3v) is 17.4. The summed E-state index contributed by atoms with van der Waals surface area (Å²) >= 11 is 0. The molecule has 0 saturated carbocycles. The Morgan fingerprint density at radius 2 is 0.623 bits per heavy atom. The van der Waals surface area contributed by atoms with Gasteiger partial charge in [0.2, 0.25) is 79.3 Å². The van der Waals surface area contributed by atoms with Crippen molar-refractivity contribution < 1.29 is 101 Å². The monoisotopic (exact) mass is 1650 g/mol. The second kappa shape index (κ2) is 40.2. The van der Waals surface area contributed by atoms with Crippen molar-refractivity contribution in [3.8, 4) is 35.1 Å². The van der Waals surface area contributed by atoms with Gasteiger partial charge in [0.15, 0.2) is 40.8 Å². The lowest BCUT2D eigenvalue weighted by molar-refractivity contribution is 0.0958. The van der Waals surface area contributed by atoms with E-state index < -0.39 is 73.6 Å². The highest BCUT2D eigenvalue weighted by atomic mass is 19.1. The molecule has 0 amide bonds. The van der Waals surface area contributed by atoms with Crippen molar-refractivity contribution in [2.24, 2.45) is 5.16 Å². The molecular formula is C93H61F4N3O22. The van der Waals surface area contributed by atoms with Crippen LogP contribution in [0.15, 0.2) is 321 Å². The average molecular weight is 1650 g/mol. The minimum atomic E-state index is -0.899. The second-order valence-corrected chi connectivity index (χ2v) is 26.1. The number of nitriles is 2. The van der Waals surface area contributed by atoms with Crippen molar-refractivity contribution in [1.82, 2.24) is 0 Å². The molecule has 8 heterocycles. The summed E-state index contributed by atoms with van der Waals surface area (Å²) in [5.74, 6) is -7.82. The number of hydrogen-bond acceptors (Lipinski definition) is 25. The molecular weight excluding hydrogens is 1590 g/mol. The van der Waals surface area contributed by atoms with Crippen LogP contribution in [0.4, 0.5) is 17.6 Å². The Labute approximate surface area is 686 Å². The zero-order valence-corrected chi connectivity index (χ0v) is 63.3. The minimum absolute atomic E-state index is 0.0281. The lowest BCUT2D eigenvalue weighted by atomic mass is 10.1. The van der Waals surface area contributed by atoms with Crippen molar-refractivity contribution >= 4 is 35.6 Å². The first-order valence-electron chi connectivity index (χ1n) is 36.4. The molecule has 7 aromatic carbocycles. The van der Waals surface area contributed by atoms with Gasteiger partial charge in [-0.25, -0.2) is 17.6 Å². The van der Waals surface area contributed by atoms with Crippen LogP contribution in [-0.2, 0) is 45.5 Å². The number of benzene rings is 7. The summed E-state index contributed by atoms with van der Waals surface area (Å²) in [5, 5.41) is 39.3. The molecule has 8 aromatic heterocycles. The Hall–Kier alpha value is -16.8. The largest absolute Gasteiger partial charge is 0.501 e. The lowest BCUT2D eigenvalue weighted by Crippen LogP contribution is -2.15. The van der Waals surface area contributed by atoms with E-state index >= 15 is 0 Å². The highest BCUT2D eigenvalue weighted by molar-refractivity contribution is 6.09. The fourth-order valence-corrected chi connectivity index (χ4v) is 11.5. The van der Waals surface area contributed by atoms with Crippen LogP contribution in [0, 0.1) is 45.9 Å². The van der Waals surface area contributed by atoms with Gasteiger partial charge in [-0.05, 0) is 136 Å². The molecule has 0 bridgehead atoms. The van der Waals surface area contributed by atoms with Crippen LogP contribution in [0.1, 0.15) is 155 Å². The maximum Gasteiger partial charge on any atom is 0.267 e. The predicted octanol–water partition coefficient (Wildman–Crippen LogP) is 16.6.